The molecule has 19 heavy (non-hydrogen) atoms. The van der Waals surface area contributed by atoms with Crippen LogP contribution in [0.3, 0.4) is 0 Å². The van der Waals surface area contributed by atoms with Crippen molar-refractivity contribution in [1.29, 1.82) is 0 Å². The number of amides is 1. The van der Waals surface area contributed by atoms with Crippen LogP contribution in [0.5, 0.6) is 11.5 Å². The summed E-state index contributed by atoms with van der Waals surface area (Å²) in [5.41, 5.74) is 1.40. The van der Waals surface area contributed by atoms with Crippen molar-refractivity contribution in [3.63, 3.8) is 0 Å². The summed E-state index contributed by atoms with van der Waals surface area (Å²) in [7, 11) is 3.12. The lowest BCUT2D eigenvalue weighted by Gasteiger charge is -2.17. The number of ether oxygens (including phenoxy) is 2. The molecule has 0 fully saturated rings. The Morgan fingerprint density at radius 2 is 2.05 bits per heavy atom. The number of aliphatic hydroxyl groups is 1. The van der Waals surface area contributed by atoms with Gasteiger partial charge in [0.1, 0.15) is 11.5 Å². The molecule has 0 spiro atoms. The minimum absolute atomic E-state index is 0.167. The molecule has 5 heteroatoms. The zero-order valence-electron chi connectivity index (χ0n) is 11.8. The van der Waals surface area contributed by atoms with Crippen molar-refractivity contribution >= 4 is 11.6 Å². The van der Waals surface area contributed by atoms with Crippen molar-refractivity contribution in [2.75, 3.05) is 26.1 Å². The zero-order valence-corrected chi connectivity index (χ0v) is 11.8. The summed E-state index contributed by atoms with van der Waals surface area (Å²) in [6.45, 7) is 3.55. The van der Waals surface area contributed by atoms with Crippen LogP contribution >= 0.6 is 0 Å². The molecule has 0 saturated heterocycles. The van der Waals surface area contributed by atoms with Crippen LogP contribution in [0.1, 0.15) is 18.9 Å². The molecule has 1 amide bonds. The third-order valence-electron chi connectivity index (χ3n) is 3.12. The van der Waals surface area contributed by atoms with Crippen molar-refractivity contribution < 1.29 is 19.4 Å². The van der Waals surface area contributed by atoms with Gasteiger partial charge >= 0.3 is 0 Å². The first-order valence-corrected chi connectivity index (χ1v) is 6.22. The van der Waals surface area contributed by atoms with E-state index in [1.165, 1.54) is 0 Å². The van der Waals surface area contributed by atoms with Gasteiger partial charge < -0.3 is 19.9 Å². The van der Waals surface area contributed by atoms with Crippen LogP contribution in [0.2, 0.25) is 0 Å². The molecule has 0 saturated carbocycles. The fourth-order valence-corrected chi connectivity index (χ4v) is 1.89. The van der Waals surface area contributed by atoms with Gasteiger partial charge in [-0.05, 0) is 25.5 Å². The van der Waals surface area contributed by atoms with E-state index in [0.717, 1.165) is 5.56 Å². The molecular formula is C14H21NO4. The van der Waals surface area contributed by atoms with Crippen LogP contribution in [-0.4, -0.2) is 31.8 Å². The number of hydrogen-bond donors (Lipinski definition) is 2. The molecule has 5 nitrogen and oxygen atoms in total. The van der Waals surface area contributed by atoms with Crippen LogP contribution in [0.4, 0.5) is 5.69 Å². The van der Waals surface area contributed by atoms with E-state index >= 15 is 0 Å². The first kappa shape index (κ1) is 15.3. The Morgan fingerprint density at radius 3 is 2.53 bits per heavy atom. The standard InChI is InChI=1S/C14H21NO4/c1-5-10(8-16)14(17)15-11-6-7-12(18-3)9(2)13(11)19-4/h6-7,10,16H,5,8H2,1-4H3,(H,15,17). The van der Waals surface area contributed by atoms with E-state index in [1.807, 2.05) is 13.8 Å². The summed E-state index contributed by atoms with van der Waals surface area (Å²) < 4.78 is 10.5. The van der Waals surface area contributed by atoms with E-state index in [9.17, 15) is 4.79 Å². The fraction of sp³-hybridized carbons (Fsp3) is 0.500. The average molecular weight is 267 g/mol. The molecular weight excluding hydrogens is 246 g/mol. The summed E-state index contributed by atoms with van der Waals surface area (Å²) in [5.74, 6) is 0.643. The molecule has 0 aliphatic carbocycles. The number of hydrogen-bond acceptors (Lipinski definition) is 4. The van der Waals surface area contributed by atoms with Crippen LogP contribution in [0.25, 0.3) is 0 Å². The fourth-order valence-electron chi connectivity index (χ4n) is 1.89. The number of carbonyl (C=O) groups is 1. The quantitative estimate of drug-likeness (QED) is 0.827. The average Bonchev–Trinajstić information content (AvgIpc) is 2.40. The first-order valence-electron chi connectivity index (χ1n) is 6.22. The first-order chi connectivity index (χ1) is 9.08. The molecule has 1 atom stereocenters. The maximum Gasteiger partial charge on any atom is 0.229 e. The lowest BCUT2D eigenvalue weighted by atomic mass is 10.1. The maximum absolute atomic E-state index is 12.0. The van der Waals surface area contributed by atoms with Crippen LogP contribution < -0.4 is 14.8 Å². The summed E-state index contributed by atoms with van der Waals surface area (Å²) >= 11 is 0. The Labute approximate surface area is 113 Å². The Kier molecular flexibility index (Phi) is 5.63. The number of carbonyl (C=O) groups excluding carboxylic acids is 1. The Hall–Kier alpha value is -1.75. The van der Waals surface area contributed by atoms with Gasteiger partial charge in [-0.3, -0.25) is 4.79 Å². The van der Waals surface area contributed by atoms with E-state index < -0.39 is 5.92 Å². The predicted octanol–water partition coefficient (Wildman–Crippen LogP) is 1.97. The van der Waals surface area contributed by atoms with Gasteiger partial charge in [0, 0.05) is 5.56 Å². The van der Waals surface area contributed by atoms with Crippen LogP contribution in [-0.2, 0) is 4.79 Å². The maximum atomic E-state index is 12.0. The topological polar surface area (TPSA) is 67.8 Å². The van der Waals surface area contributed by atoms with Crippen molar-refractivity contribution in [3.8, 4) is 11.5 Å². The molecule has 1 aromatic rings. The SMILES string of the molecule is CCC(CO)C(=O)Nc1ccc(OC)c(C)c1OC. The smallest absolute Gasteiger partial charge is 0.229 e. The molecule has 1 unspecified atom stereocenters. The molecule has 0 bridgehead atoms. The van der Waals surface area contributed by atoms with E-state index in [-0.39, 0.29) is 12.5 Å². The third-order valence-corrected chi connectivity index (χ3v) is 3.12. The molecule has 0 heterocycles. The van der Waals surface area contributed by atoms with Gasteiger partial charge in [0.2, 0.25) is 5.91 Å². The van der Waals surface area contributed by atoms with E-state index in [0.29, 0.717) is 23.6 Å². The monoisotopic (exact) mass is 267 g/mol. The summed E-state index contributed by atoms with van der Waals surface area (Å²) in [5, 5.41) is 11.9. The minimum atomic E-state index is -0.410. The van der Waals surface area contributed by atoms with Crippen LogP contribution in [0, 0.1) is 12.8 Å². The molecule has 0 aromatic heterocycles. The second kappa shape index (κ2) is 6.99. The molecule has 2 N–H and O–H groups in total. The van der Waals surface area contributed by atoms with Gasteiger partial charge in [-0.15, -0.1) is 0 Å². The largest absolute Gasteiger partial charge is 0.496 e. The van der Waals surface area contributed by atoms with Crippen molar-refractivity contribution in [2.24, 2.45) is 5.92 Å². The molecule has 0 aliphatic heterocycles. The van der Waals surface area contributed by atoms with Gasteiger partial charge in [0.25, 0.3) is 0 Å². The van der Waals surface area contributed by atoms with Crippen molar-refractivity contribution in [1.82, 2.24) is 0 Å². The minimum Gasteiger partial charge on any atom is -0.496 e. The highest BCUT2D eigenvalue weighted by molar-refractivity contribution is 5.94. The van der Waals surface area contributed by atoms with Crippen LogP contribution in [0.15, 0.2) is 12.1 Å². The van der Waals surface area contributed by atoms with Crippen molar-refractivity contribution in [2.45, 2.75) is 20.3 Å². The highest BCUT2D eigenvalue weighted by Gasteiger charge is 2.18. The zero-order chi connectivity index (χ0) is 14.4. The number of rotatable bonds is 6. The molecule has 0 aliphatic rings. The number of aliphatic hydroxyl groups excluding tert-OH is 1. The predicted molar refractivity (Wildman–Crippen MR) is 73.8 cm³/mol. The van der Waals surface area contributed by atoms with E-state index in [2.05, 4.69) is 5.32 Å². The normalized spacial score (nSPS) is 11.8. The third kappa shape index (κ3) is 3.38. The van der Waals surface area contributed by atoms with Gasteiger partial charge in [-0.2, -0.15) is 0 Å². The number of anilines is 1. The van der Waals surface area contributed by atoms with Gasteiger partial charge in [0.05, 0.1) is 32.4 Å². The Morgan fingerprint density at radius 1 is 1.37 bits per heavy atom. The Bertz CT molecular complexity index is 441. The van der Waals surface area contributed by atoms with Gasteiger partial charge in [-0.1, -0.05) is 6.92 Å². The number of benzene rings is 1. The van der Waals surface area contributed by atoms with Gasteiger partial charge in [0.15, 0.2) is 0 Å². The van der Waals surface area contributed by atoms with Crippen molar-refractivity contribution in [3.05, 3.63) is 17.7 Å². The highest BCUT2D eigenvalue weighted by Crippen LogP contribution is 2.35. The molecule has 1 aromatic carbocycles. The lowest BCUT2D eigenvalue weighted by molar-refractivity contribution is -0.121. The molecule has 0 radical (unpaired) electrons. The summed E-state index contributed by atoms with van der Waals surface area (Å²) in [6.07, 6.45) is 0.583. The van der Waals surface area contributed by atoms with Gasteiger partial charge in [-0.25, -0.2) is 0 Å². The number of methoxy groups -OCH3 is 2. The Balaban J connectivity index is 3.01. The molecule has 106 valence electrons. The summed E-state index contributed by atoms with van der Waals surface area (Å²) in [6, 6.07) is 3.50. The summed E-state index contributed by atoms with van der Waals surface area (Å²) in [4.78, 5) is 12.0. The molecule has 1 rings (SSSR count). The lowest BCUT2D eigenvalue weighted by Crippen LogP contribution is -2.25. The highest BCUT2D eigenvalue weighted by atomic mass is 16.5. The van der Waals surface area contributed by atoms with E-state index in [4.69, 9.17) is 14.6 Å². The van der Waals surface area contributed by atoms with E-state index in [1.54, 1.807) is 26.4 Å². The number of nitrogens with one attached hydrogen (secondary N) is 1. The second-order valence-corrected chi connectivity index (χ2v) is 4.25. The second-order valence-electron chi connectivity index (χ2n) is 4.25.